The van der Waals surface area contributed by atoms with Crippen molar-refractivity contribution in [2.24, 2.45) is 0 Å². The standard InChI is InChI=1S/C21H19FN2O/c1-15(21(25)24-14-16-6-5-11-23-13-16)18-9-10-19(20(22)12-18)17-7-3-2-4-8-17/h2-13,15H,14H2,1H3,(H,24,25). The lowest BCUT2D eigenvalue weighted by Crippen LogP contribution is -2.27. The van der Waals surface area contributed by atoms with Crippen LogP contribution in [0.2, 0.25) is 0 Å². The highest BCUT2D eigenvalue weighted by molar-refractivity contribution is 5.83. The van der Waals surface area contributed by atoms with E-state index >= 15 is 0 Å². The maximum atomic E-state index is 14.5. The summed E-state index contributed by atoms with van der Waals surface area (Å²) in [5.74, 6) is -0.901. The van der Waals surface area contributed by atoms with E-state index in [1.165, 1.54) is 6.07 Å². The highest BCUT2D eigenvalue weighted by Crippen LogP contribution is 2.26. The predicted molar refractivity (Wildman–Crippen MR) is 96.3 cm³/mol. The molecule has 1 aromatic heterocycles. The summed E-state index contributed by atoms with van der Waals surface area (Å²) in [5.41, 5.74) is 2.93. The number of nitrogens with one attached hydrogen (secondary N) is 1. The Kier molecular flexibility index (Phi) is 5.19. The second-order valence-electron chi connectivity index (χ2n) is 5.91. The summed E-state index contributed by atoms with van der Waals surface area (Å²) in [6.07, 6.45) is 3.39. The van der Waals surface area contributed by atoms with Gasteiger partial charge in [0.15, 0.2) is 0 Å². The molecule has 2 aromatic carbocycles. The highest BCUT2D eigenvalue weighted by atomic mass is 19.1. The zero-order valence-electron chi connectivity index (χ0n) is 13.9. The zero-order valence-corrected chi connectivity index (χ0v) is 13.9. The van der Waals surface area contributed by atoms with E-state index in [9.17, 15) is 9.18 Å². The molecule has 1 heterocycles. The molecule has 1 N–H and O–H groups in total. The molecule has 0 fully saturated rings. The molecule has 1 amide bonds. The zero-order chi connectivity index (χ0) is 17.6. The molecular formula is C21H19FN2O. The number of aromatic nitrogens is 1. The summed E-state index contributed by atoms with van der Waals surface area (Å²) in [6, 6.07) is 18.1. The van der Waals surface area contributed by atoms with E-state index in [1.54, 1.807) is 31.5 Å². The summed E-state index contributed by atoms with van der Waals surface area (Å²) in [7, 11) is 0. The van der Waals surface area contributed by atoms with E-state index in [4.69, 9.17) is 0 Å². The second-order valence-corrected chi connectivity index (χ2v) is 5.91. The molecule has 126 valence electrons. The minimum atomic E-state index is -0.434. The van der Waals surface area contributed by atoms with Crippen molar-refractivity contribution in [3.8, 4) is 11.1 Å². The minimum Gasteiger partial charge on any atom is -0.351 e. The summed E-state index contributed by atoms with van der Waals surface area (Å²) < 4.78 is 14.5. The fourth-order valence-electron chi connectivity index (χ4n) is 2.65. The lowest BCUT2D eigenvalue weighted by atomic mass is 9.96. The lowest BCUT2D eigenvalue weighted by molar-refractivity contribution is -0.122. The van der Waals surface area contributed by atoms with E-state index in [-0.39, 0.29) is 11.7 Å². The number of amides is 1. The van der Waals surface area contributed by atoms with E-state index in [2.05, 4.69) is 10.3 Å². The predicted octanol–water partition coefficient (Wildman–Crippen LogP) is 4.31. The van der Waals surface area contributed by atoms with Crippen LogP contribution < -0.4 is 5.32 Å². The highest BCUT2D eigenvalue weighted by Gasteiger charge is 2.17. The van der Waals surface area contributed by atoms with E-state index < -0.39 is 5.92 Å². The normalized spacial score (nSPS) is 11.8. The molecule has 0 spiro atoms. The Balaban J connectivity index is 1.70. The first-order valence-electron chi connectivity index (χ1n) is 8.16. The number of carbonyl (C=O) groups is 1. The summed E-state index contributed by atoms with van der Waals surface area (Å²) in [5, 5.41) is 2.86. The number of hydrogen-bond donors (Lipinski definition) is 1. The Morgan fingerprint density at radius 1 is 1.12 bits per heavy atom. The monoisotopic (exact) mass is 334 g/mol. The molecule has 3 aromatic rings. The van der Waals surface area contributed by atoms with Gasteiger partial charge in [0, 0.05) is 24.5 Å². The number of hydrogen-bond acceptors (Lipinski definition) is 2. The molecule has 0 aliphatic carbocycles. The summed E-state index contributed by atoms with van der Waals surface area (Å²) >= 11 is 0. The largest absolute Gasteiger partial charge is 0.351 e. The van der Waals surface area contributed by atoms with Crippen LogP contribution in [0, 0.1) is 5.82 Å². The third-order valence-electron chi connectivity index (χ3n) is 4.16. The molecule has 1 unspecified atom stereocenters. The summed E-state index contributed by atoms with van der Waals surface area (Å²) in [6.45, 7) is 2.18. The molecule has 0 aliphatic rings. The number of nitrogens with zero attached hydrogens (tertiary/aromatic N) is 1. The molecular weight excluding hydrogens is 315 g/mol. The van der Waals surface area contributed by atoms with Gasteiger partial charge in [-0.15, -0.1) is 0 Å². The van der Waals surface area contributed by atoms with Crippen molar-refractivity contribution in [2.45, 2.75) is 19.4 Å². The fourth-order valence-corrected chi connectivity index (χ4v) is 2.65. The van der Waals surface area contributed by atoms with E-state index in [1.807, 2.05) is 42.5 Å². The molecule has 3 rings (SSSR count). The first-order valence-corrected chi connectivity index (χ1v) is 8.16. The van der Waals surface area contributed by atoms with Crippen LogP contribution in [0.5, 0.6) is 0 Å². The van der Waals surface area contributed by atoms with Gasteiger partial charge < -0.3 is 5.32 Å². The van der Waals surface area contributed by atoms with Gasteiger partial charge in [0.05, 0.1) is 5.92 Å². The number of pyridine rings is 1. The molecule has 1 atom stereocenters. The van der Waals surface area contributed by atoms with Gasteiger partial charge in [-0.05, 0) is 35.7 Å². The Morgan fingerprint density at radius 2 is 1.92 bits per heavy atom. The Labute approximate surface area is 146 Å². The third kappa shape index (κ3) is 4.10. The van der Waals surface area contributed by atoms with E-state index in [0.717, 1.165) is 11.1 Å². The molecule has 4 heteroatoms. The van der Waals surface area contributed by atoms with Gasteiger partial charge in [-0.2, -0.15) is 0 Å². The van der Waals surface area contributed by atoms with Crippen LogP contribution in [0.25, 0.3) is 11.1 Å². The van der Waals surface area contributed by atoms with Gasteiger partial charge in [-0.25, -0.2) is 4.39 Å². The van der Waals surface area contributed by atoms with Crippen molar-refractivity contribution in [1.82, 2.24) is 10.3 Å². The van der Waals surface area contributed by atoms with Crippen LogP contribution in [-0.4, -0.2) is 10.9 Å². The Hall–Kier alpha value is -3.01. The van der Waals surface area contributed by atoms with Gasteiger partial charge >= 0.3 is 0 Å². The van der Waals surface area contributed by atoms with Crippen molar-refractivity contribution in [3.05, 3.63) is 90.0 Å². The number of halogens is 1. The van der Waals surface area contributed by atoms with Crippen LogP contribution in [0.4, 0.5) is 4.39 Å². The fraction of sp³-hybridized carbons (Fsp3) is 0.143. The Bertz CT molecular complexity index is 850. The molecule has 25 heavy (non-hydrogen) atoms. The van der Waals surface area contributed by atoms with Crippen molar-refractivity contribution >= 4 is 5.91 Å². The van der Waals surface area contributed by atoms with Gasteiger partial charge in [0.1, 0.15) is 5.82 Å². The molecule has 3 nitrogen and oxygen atoms in total. The average molecular weight is 334 g/mol. The van der Waals surface area contributed by atoms with Gasteiger partial charge in [-0.3, -0.25) is 9.78 Å². The van der Waals surface area contributed by atoms with Crippen molar-refractivity contribution in [2.75, 3.05) is 0 Å². The van der Waals surface area contributed by atoms with Crippen LogP contribution >= 0.6 is 0 Å². The first kappa shape index (κ1) is 16.8. The maximum Gasteiger partial charge on any atom is 0.227 e. The maximum absolute atomic E-state index is 14.5. The number of rotatable bonds is 5. The van der Waals surface area contributed by atoms with Crippen molar-refractivity contribution < 1.29 is 9.18 Å². The molecule has 0 aliphatic heterocycles. The van der Waals surface area contributed by atoms with Crippen molar-refractivity contribution in [1.29, 1.82) is 0 Å². The minimum absolute atomic E-state index is 0.143. The van der Waals surface area contributed by atoms with Gasteiger partial charge in [-0.1, -0.05) is 48.5 Å². The second kappa shape index (κ2) is 7.71. The number of carbonyl (C=O) groups excluding carboxylic acids is 1. The Morgan fingerprint density at radius 3 is 2.60 bits per heavy atom. The average Bonchev–Trinajstić information content (AvgIpc) is 2.67. The molecule has 0 saturated carbocycles. The first-order chi connectivity index (χ1) is 12.1. The van der Waals surface area contributed by atoms with Crippen molar-refractivity contribution in [3.63, 3.8) is 0 Å². The topological polar surface area (TPSA) is 42.0 Å². The lowest BCUT2D eigenvalue weighted by Gasteiger charge is -2.14. The quantitative estimate of drug-likeness (QED) is 0.755. The van der Waals surface area contributed by atoms with Gasteiger partial charge in [0.25, 0.3) is 0 Å². The van der Waals surface area contributed by atoms with Gasteiger partial charge in [0.2, 0.25) is 5.91 Å². The molecule has 0 saturated heterocycles. The smallest absolute Gasteiger partial charge is 0.227 e. The van der Waals surface area contributed by atoms with Crippen LogP contribution in [-0.2, 0) is 11.3 Å². The number of benzene rings is 2. The van der Waals surface area contributed by atoms with Crippen LogP contribution in [0.1, 0.15) is 24.0 Å². The molecule has 0 radical (unpaired) electrons. The van der Waals surface area contributed by atoms with Crippen LogP contribution in [0.3, 0.4) is 0 Å². The molecule has 0 bridgehead atoms. The van der Waals surface area contributed by atoms with Crippen LogP contribution in [0.15, 0.2) is 73.1 Å². The third-order valence-corrected chi connectivity index (χ3v) is 4.16. The van der Waals surface area contributed by atoms with E-state index in [0.29, 0.717) is 17.7 Å². The summed E-state index contributed by atoms with van der Waals surface area (Å²) in [4.78, 5) is 16.3. The SMILES string of the molecule is CC(C(=O)NCc1cccnc1)c1ccc(-c2ccccc2)c(F)c1.